The molecule has 49 heavy (non-hydrogen) atoms. The molecule has 0 radical (unpaired) electrons. The van der Waals surface area contributed by atoms with Crippen molar-refractivity contribution >= 4 is 57.6 Å². The van der Waals surface area contributed by atoms with Crippen LogP contribution in [0.3, 0.4) is 0 Å². The van der Waals surface area contributed by atoms with Crippen LogP contribution in [0.15, 0.2) is 42.6 Å². The van der Waals surface area contributed by atoms with Crippen molar-refractivity contribution in [2.24, 2.45) is 24.8 Å². The fourth-order valence-electron chi connectivity index (χ4n) is 8.09. The lowest BCUT2D eigenvalue weighted by atomic mass is 9.86. The summed E-state index contributed by atoms with van der Waals surface area (Å²) in [7, 11) is 1.90. The summed E-state index contributed by atoms with van der Waals surface area (Å²) < 4.78 is 8.28. The highest BCUT2D eigenvalue weighted by Gasteiger charge is 2.40. The van der Waals surface area contributed by atoms with Crippen molar-refractivity contribution in [1.29, 1.82) is 0 Å². The van der Waals surface area contributed by atoms with E-state index in [1.54, 1.807) is 18.3 Å². The van der Waals surface area contributed by atoms with E-state index in [0.29, 0.717) is 58.8 Å². The molecule has 1 aromatic heterocycles. The van der Waals surface area contributed by atoms with Crippen molar-refractivity contribution < 1.29 is 24.2 Å². The van der Waals surface area contributed by atoms with E-state index in [2.05, 4.69) is 24.1 Å². The molecular weight excluding hydrogens is 663 g/mol. The van der Waals surface area contributed by atoms with Crippen molar-refractivity contribution in [2.45, 2.75) is 83.4 Å². The minimum absolute atomic E-state index is 0.0123. The molecule has 0 spiro atoms. The lowest BCUT2D eigenvalue weighted by molar-refractivity contribution is -0.144. The van der Waals surface area contributed by atoms with Crippen LogP contribution in [0.5, 0.6) is 0 Å². The monoisotopic (exact) mass is 710 g/mol. The van der Waals surface area contributed by atoms with Gasteiger partial charge in [-0.25, -0.2) is 0 Å². The molecule has 2 N–H and O–H groups in total. The molecule has 2 aliphatic heterocycles. The van der Waals surface area contributed by atoms with Gasteiger partial charge in [-0.1, -0.05) is 55.2 Å². The first-order chi connectivity index (χ1) is 23.5. The second-order valence-electron chi connectivity index (χ2n) is 14.6. The largest absolute Gasteiger partial charge is 0.481 e. The molecule has 3 heterocycles. The Morgan fingerprint density at radius 2 is 1.71 bits per heavy atom. The number of nitrogens with one attached hydrogen (secondary N) is 1. The third-order valence-corrected chi connectivity index (χ3v) is 11.8. The highest BCUT2D eigenvalue weighted by atomic mass is 35.5. The Morgan fingerprint density at radius 3 is 2.41 bits per heavy atom. The second-order valence-corrected chi connectivity index (χ2v) is 15.4. The van der Waals surface area contributed by atoms with E-state index < -0.39 is 5.97 Å². The first-order valence-corrected chi connectivity index (χ1v) is 18.4. The summed E-state index contributed by atoms with van der Waals surface area (Å²) in [5, 5.41) is 13.8. The van der Waals surface area contributed by atoms with Crippen molar-refractivity contribution in [1.82, 2.24) is 14.4 Å². The maximum absolute atomic E-state index is 14.0. The number of para-hydroxylation sites is 1. The van der Waals surface area contributed by atoms with Crippen LogP contribution in [0.4, 0.5) is 5.69 Å². The summed E-state index contributed by atoms with van der Waals surface area (Å²) in [6.07, 6.45) is 7.77. The molecule has 1 saturated carbocycles. The number of carbonyl (C=O) groups excluding carboxylic acids is 2. The molecule has 264 valence electrons. The van der Waals surface area contributed by atoms with Crippen LogP contribution in [0, 0.1) is 17.8 Å². The quantitative estimate of drug-likeness (QED) is 0.229. The number of amides is 2. The molecule has 9 nitrogen and oxygen atoms in total. The average Bonchev–Trinajstić information content (AvgIpc) is 3.67. The summed E-state index contributed by atoms with van der Waals surface area (Å²) >= 11 is 13.4. The number of carboxylic acid groups (broad SMARTS) is 1. The van der Waals surface area contributed by atoms with Gasteiger partial charge >= 0.3 is 5.97 Å². The zero-order chi connectivity index (χ0) is 34.8. The molecular formula is C38H48Cl2N4O5. The Bertz CT molecular complexity index is 1680. The van der Waals surface area contributed by atoms with E-state index in [0.717, 1.165) is 49.2 Å². The first kappa shape index (κ1) is 35.7. The molecule has 2 saturated heterocycles. The molecule has 2 amide bonds. The Balaban J connectivity index is 1.13. The van der Waals surface area contributed by atoms with Crippen LogP contribution in [0.25, 0.3) is 10.9 Å². The number of ether oxygens (including phenoxy) is 1. The van der Waals surface area contributed by atoms with Crippen LogP contribution in [-0.4, -0.2) is 81.7 Å². The number of piperidine rings is 1. The SMILES string of the molecule is CC(C)C1CCN([C@H]2C[C@@H](CO[C@H]3CC[C@H](C(=O)O)CC3)N(C(=O)Cc3cc(Cl)c(NC(=O)c4cn(C)c5ccccc45)cc3Cl)C2)CC1. The fraction of sp³-hybridized carbons (Fsp3) is 0.553. The topological polar surface area (TPSA) is 104 Å². The summed E-state index contributed by atoms with van der Waals surface area (Å²) in [6.45, 7) is 7.74. The van der Waals surface area contributed by atoms with Crippen LogP contribution in [-0.2, 0) is 27.8 Å². The van der Waals surface area contributed by atoms with Gasteiger partial charge in [0.15, 0.2) is 0 Å². The van der Waals surface area contributed by atoms with E-state index in [9.17, 15) is 19.5 Å². The minimum Gasteiger partial charge on any atom is -0.481 e. The van der Waals surface area contributed by atoms with Gasteiger partial charge in [0.05, 0.1) is 47.4 Å². The van der Waals surface area contributed by atoms with Crippen LogP contribution in [0.1, 0.15) is 74.7 Å². The normalized spacial score (nSPS) is 23.8. The maximum atomic E-state index is 14.0. The van der Waals surface area contributed by atoms with Gasteiger partial charge in [-0.3, -0.25) is 19.3 Å². The van der Waals surface area contributed by atoms with E-state index in [1.807, 2.05) is 40.8 Å². The molecule has 1 aliphatic carbocycles. The smallest absolute Gasteiger partial charge is 0.306 e. The molecule has 3 aliphatic rings. The second kappa shape index (κ2) is 15.4. The van der Waals surface area contributed by atoms with Gasteiger partial charge in [0.25, 0.3) is 5.91 Å². The lowest BCUT2D eigenvalue weighted by Gasteiger charge is -2.37. The van der Waals surface area contributed by atoms with Crippen molar-refractivity contribution in [2.75, 3.05) is 31.6 Å². The number of hydrogen-bond acceptors (Lipinski definition) is 5. The maximum Gasteiger partial charge on any atom is 0.306 e. The third kappa shape index (κ3) is 8.11. The Hall–Kier alpha value is -3.11. The third-order valence-electron chi connectivity index (χ3n) is 11.2. The molecule has 2 aromatic carbocycles. The Kier molecular flexibility index (Phi) is 11.2. The molecule has 0 bridgehead atoms. The van der Waals surface area contributed by atoms with Crippen molar-refractivity contribution in [3.63, 3.8) is 0 Å². The predicted octanol–water partition coefficient (Wildman–Crippen LogP) is 7.28. The highest BCUT2D eigenvalue weighted by Crippen LogP contribution is 2.34. The van der Waals surface area contributed by atoms with Crippen molar-refractivity contribution in [3.05, 3.63) is 63.8 Å². The number of fused-ring (bicyclic) bond motifs is 1. The molecule has 0 unspecified atom stereocenters. The number of aliphatic carboxylic acids is 1. The van der Waals surface area contributed by atoms with E-state index in [-0.39, 0.29) is 42.3 Å². The summed E-state index contributed by atoms with van der Waals surface area (Å²) in [6, 6.07) is 11.2. The number of rotatable bonds is 10. The van der Waals surface area contributed by atoms with Gasteiger partial charge in [-0.05, 0) is 93.6 Å². The number of carbonyl (C=O) groups is 3. The van der Waals surface area contributed by atoms with E-state index >= 15 is 0 Å². The Morgan fingerprint density at radius 1 is 1.00 bits per heavy atom. The van der Waals surface area contributed by atoms with Gasteiger partial charge in [-0.2, -0.15) is 0 Å². The number of nitrogens with zero attached hydrogens (tertiary/aromatic N) is 3. The molecule has 11 heteroatoms. The number of halogens is 2. The molecule has 3 fully saturated rings. The average molecular weight is 712 g/mol. The minimum atomic E-state index is -0.728. The molecule has 2 atom stereocenters. The number of benzene rings is 2. The van der Waals surface area contributed by atoms with Gasteiger partial charge in [0, 0.05) is 41.8 Å². The zero-order valence-electron chi connectivity index (χ0n) is 28.7. The van der Waals surface area contributed by atoms with Gasteiger partial charge in [0.2, 0.25) is 5.91 Å². The number of hydrogen-bond donors (Lipinski definition) is 2. The lowest BCUT2D eigenvalue weighted by Crippen LogP contribution is -2.44. The first-order valence-electron chi connectivity index (χ1n) is 17.7. The molecule has 3 aromatic rings. The zero-order valence-corrected chi connectivity index (χ0v) is 30.2. The number of likely N-dealkylation sites (tertiary alicyclic amines) is 2. The highest BCUT2D eigenvalue weighted by molar-refractivity contribution is 6.36. The fourth-order valence-corrected chi connectivity index (χ4v) is 8.55. The number of aryl methyl sites for hydroxylation is 1. The summed E-state index contributed by atoms with van der Waals surface area (Å²) in [5.41, 5.74) is 2.47. The van der Waals surface area contributed by atoms with Gasteiger partial charge in [0.1, 0.15) is 0 Å². The molecule has 6 rings (SSSR count). The standard InChI is InChI=1S/C38H48Cl2N4O5/c1-23(2)24-12-14-43(15-13-24)27-18-28(22-49-29-10-8-25(9-11-29)38(47)48)44(20-27)36(45)17-26-16-33(40)34(19-32(26)39)41-37(46)31-21-42(3)35-7-5-4-6-30(31)35/h4-7,16,19,21,23-25,27-29H,8-15,17-18,20,22H2,1-3H3,(H,41,46)(H,47,48)/t25-,27-,28-,29-/m0/s1. The Labute approximate surface area is 298 Å². The van der Waals surface area contributed by atoms with E-state index in [1.165, 1.54) is 12.8 Å². The van der Waals surface area contributed by atoms with Crippen molar-refractivity contribution in [3.8, 4) is 0 Å². The van der Waals surface area contributed by atoms with Gasteiger partial charge < -0.3 is 24.6 Å². The van der Waals surface area contributed by atoms with Gasteiger partial charge in [-0.15, -0.1) is 0 Å². The number of anilines is 1. The predicted molar refractivity (Wildman–Crippen MR) is 193 cm³/mol. The van der Waals surface area contributed by atoms with Crippen LogP contribution in [0.2, 0.25) is 10.0 Å². The van der Waals surface area contributed by atoms with Crippen LogP contribution >= 0.6 is 23.2 Å². The number of aromatic nitrogens is 1. The van der Waals surface area contributed by atoms with Crippen LogP contribution < -0.4 is 5.32 Å². The van der Waals surface area contributed by atoms with E-state index in [4.69, 9.17) is 27.9 Å². The number of carboxylic acids is 1. The summed E-state index contributed by atoms with van der Waals surface area (Å²) in [4.78, 5) is 43.2. The summed E-state index contributed by atoms with van der Waals surface area (Å²) in [5.74, 6) is 0.0654.